The summed E-state index contributed by atoms with van der Waals surface area (Å²) in [7, 11) is 4.82. The molecule has 2 aromatic carbocycles. The van der Waals surface area contributed by atoms with Crippen molar-refractivity contribution in [3.8, 4) is 17.2 Å². The number of carbonyl (C=O) groups is 1. The van der Waals surface area contributed by atoms with Gasteiger partial charge in [-0.15, -0.1) is 0 Å². The fraction of sp³-hybridized carbons (Fsp3) is 0.316. The van der Waals surface area contributed by atoms with Gasteiger partial charge in [0.15, 0.2) is 11.5 Å². The van der Waals surface area contributed by atoms with Crippen LogP contribution in [0.2, 0.25) is 0 Å². The lowest BCUT2D eigenvalue weighted by atomic mass is 10.1. The molecule has 24 heavy (non-hydrogen) atoms. The lowest BCUT2D eigenvalue weighted by Gasteiger charge is -2.15. The lowest BCUT2D eigenvalue weighted by molar-refractivity contribution is 0.0938. The topological polar surface area (TPSA) is 56.8 Å². The highest BCUT2D eigenvalue weighted by molar-refractivity contribution is 5.94. The number of fused-ring (bicyclic) bond motifs is 1. The number of hydrogen-bond acceptors (Lipinski definition) is 4. The van der Waals surface area contributed by atoms with Crippen LogP contribution < -0.4 is 19.5 Å². The molecule has 0 spiro atoms. The predicted molar refractivity (Wildman–Crippen MR) is 91.2 cm³/mol. The van der Waals surface area contributed by atoms with Gasteiger partial charge in [-0.25, -0.2) is 0 Å². The molecule has 0 saturated heterocycles. The van der Waals surface area contributed by atoms with E-state index >= 15 is 0 Å². The minimum absolute atomic E-state index is 0.0263. The lowest BCUT2D eigenvalue weighted by Crippen LogP contribution is -2.35. The molecule has 1 unspecified atom stereocenters. The number of nitrogens with one attached hydrogen (secondary N) is 1. The summed E-state index contributed by atoms with van der Waals surface area (Å²) in [6.45, 7) is 0. The molecule has 1 atom stereocenters. The van der Waals surface area contributed by atoms with Crippen LogP contribution in [-0.4, -0.2) is 33.3 Å². The van der Waals surface area contributed by atoms with Gasteiger partial charge in [-0.3, -0.25) is 4.79 Å². The van der Waals surface area contributed by atoms with Gasteiger partial charge < -0.3 is 19.5 Å². The Balaban J connectivity index is 1.83. The number of ether oxygens (including phenoxy) is 3. The minimum Gasteiger partial charge on any atom is -0.493 e. The summed E-state index contributed by atoms with van der Waals surface area (Å²) in [5, 5.41) is 3.09. The van der Waals surface area contributed by atoms with Crippen LogP contribution in [0.4, 0.5) is 0 Å². The normalized spacial score (nSPS) is 15.5. The Bertz CT molecular complexity index is 743. The van der Waals surface area contributed by atoms with Crippen molar-refractivity contribution >= 4 is 5.91 Å². The first-order chi connectivity index (χ1) is 11.7. The average Bonchev–Trinajstić information content (AvgIpc) is 3.02. The van der Waals surface area contributed by atoms with Crippen molar-refractivity contribution < 1.29 is 19.0 Å². The fourth-order valence-electron chi connectivity index (χ4n) is 3.22. The molecule has 3 rings (SSSR count). The zero-order valence-electron chi connectivity index (χ0n) is 14.1. The Hall–Kier alpha value is -2.69. The highest BCUT2D eigenvalue weighted by Crippen LogP contribution is 2.45. The van der Waals surface area contributed by atoms with Gasteiger partial charge in [0.1, 0.15) is 0 Å². The number of amides is 1. The van der Waals surface area contributed by atoms with E-state index in [1.54, 1.807) is 21.3 Å². The third kappa shape index (κ3) is 2.89. The molecule has 0 aromatic heterocycles. The van der Waals surface area contributed by atoms with Crippen molar-refractivity contribution in [2.75, 3.05) is 21.3 Å². The molecule has 0 radical (unpaired) electrons. The Morgan fingerprint density at radius 3 is 2.33 bits per heavy atom. The molecule has 5 nitrogen and oxygen atoms in total. The van der Waals surface area contributed by atoms with Gasteiger partial charge in [0, 0.05) is 17.2 Å². The zero-order valence-corrected chi connectivity index (χ0v) is 14.1. The van der Waals surface area contributed by atoms with Gasteiger partial charge in [0.05, 0.1) is 21.3 Å². The maximum atomic E-state index is 12.4. The molecule has 5 heteroatoms. The summed E-state index contributed by atoms with van der Waals surface area (Å²) >= 11 is 0. The van der Waals surface area contributed by atoms with E-state index in [0.29, 0.717) is 29.2 Å². The standard InChI is InChI=1S/C19H21NO4/c1-22-16-10-13-9-14(11-15(13)17(23-2)18(16)24-3)20-19(21)12-7-5-4-6-8-12/h4-8,10,14H,9,11H2,1-3H3,(H,20,21). The number of rotatable bonds is 5. The molecule has 0 aliphatic heterocycles. The average molecular weight is 327 g/mol. The quantitative estimate of drug-likeness (QED) is 0.917. The van der Waals surface area contributed by atoms with Crippen molar-refractivity contribution in [3.05, 3.63) is 53.1 Å². The van der Waals surface area contributed by atoms with Gasteiger partial charge in [0.2, 0.25) is 5.75 Å². The van der Waals surface area contributed by atoms with Gasteiger partial charge in [0.25, 0.3) is 5.91 Å². The van der Waals surface area contributed by atoms with E-state index in [1.165, 1.54) is 0 Å². The molecule has 1 aliphatic carbocycles. The van der Waals surface area contributed by atoms with Crippen LogP contribution in [0.25, 0.3) is 0 Å². The van der Waals surface area contributed by atoms with Gasteiger partial charge in [-0.2, -0.15) is 0 Å². The summed E-state index contributed by atoms with van der Waals surface area (Å²) in [5.41, 5.74) is 2.84. The first-order valence-electron chi connectivity index (χ1n) is 7.84. The molecule has 1 aliphatic rings. The van der Waals surface area contributed by atoms with Crippen molar-refractivity contribution in [2.45, 2.75) is 18.9 Å². The molecule has 2 aromatic rings. The van der Waals surface area contributed by atoms with E-state index in [0.717, 1.165) is 17.5 Å². The van der Waals surface area contributed by atoms with Crippen molar-refractivity contribution in [3.63, 3.8) is 0 Å². The molecule has 0 heterocycles. The number of hydrogen-bond donors (Lipinski definition) is 1. The van der Waals surface area contributed by atoms with E-state index in [4.69, 9.17) is 14.2 Å². The van der Waals surface area contributed by atoms with E-state index in [-0.39, 0.29) is 11.9 Å². The molecule has 1 amide bonds. The summed E-state index contributed by atoms with van der Waals surface area (Å²) in [4.78, 5) is 12.4. The Labute approximate surface area is 141 Å². The van der Waals surface area contributed by atoms with E-state index < -0.39 is 0 Å². The summed E-state index contributed by atoms with van der Waals surface area (Å²) in [6, 6.07) is 11.2. The van der Waals surface area contributed by atoms with E-state index in [2.05, 4.69) is 5.32 Å². The largest absolute Gasteiger partial charge is 0.493 e. The predicted octanol–water partition coefficient (Wildman–Crippen LogP) is 2.61. The SMILES string of the molecule is COc1cc2c(c(OC)c1OC)CC(NC(=O)c1ccccc1)C2. The molecule has 0 saturated carbocycles. The maximum absolute atomic E-state index is 12.4. The zero-order chi connectivity index (χ0) is 17.1. The van der Waals surface area contributed by atoms with E-state index in [9.17, 15) is 4.79 Å². The number of benzene rings is 2. The number of methoxy groups -OCH3 is 3. The third-order valence-corrected chi connectivity index (χ3v) is 4.31. The van der Waals surface area contributed by atoms with Crippen LogP contribution in [0.15, 0.2) is 36.4 Å². The summed E-state index contributed by atoms with van der Waals surface area (Å²) in [5.74, 6) is 1.85. The van der Waals surface area contributed by atoms with Crippen LogP contribution in [0.5, 0.6) is 17.2 Å². The van der Waals surface area contributed by atoms with Crippen LogP contribution in [0.1, 0.15) is 21.5 Å². The summed E-state index contributed by atoms with van der Waals surface area (Å²) in [6.07, 6.45) is 1.45. The fourth-order valence-corrected chi connectivity index (χ4v) is 3.22. The Morgan fingerprint density at radius 1 is 1.00 bits per heavy atom. The van der Waals surface area contributed by atoms with Crippen molar-refractivity contribution in [1.29, 1.82) is 0 Å². The van der Waals surface area contributed by atoms with E-state index in [1.807, 2.05) is 36.4 Å². The first-order valence-corrected chi connectivity index (χ1v) is 7.84. The first kappa shape index (κ1) is 16.2. The second kappa shape index (κ2) is 6.83. The molecule has 126 valence electrons. The smallest absolute Gasteiger partial charge is 0.251 e. The van der Waals surface area contributed by atoms with Crippen LogP contribution >= 0.6 is 0 Å². The monoisotopic (exact) mass is 327 g/mol. The molecule has 1 N–H and O–H groups in total. The molecule has 0 fully saturated rings. The second-order valence-electron chi connectivity index (χ2n) is 5.73. The second-order valence-corrected chi connectivity index (χ2v) is 5.73. The molecule has 0 bridgehead atoms. The van der Waals surface area contributed by atoms with Crippen LogP contribution in [0.3, 0.4) is 0 Å². The van der Waals surface area contributed by atoms with Gasteiger partial charge in [-0.1, -0.05) is 18.2 Å². The van der Waals surface area contributed by atoms with Gasteiger partial charge >= 0.3 is 0 Å². The summed E-state index contributed by atoms with van der Waals surface area (Å²) < 4.78 is 16.4. The highest BCUT2D eigenvalue weighted by Gasteiger charge is 2.30. The van der Waals surface area contributed by atoms with Crippen LogP contribution in [0, 0.1) is 0 Å². The molecular weight excluding hydrogens is 306 g/mol. The minimum atomic E-state index is -0.0636. The van der Waals surface area contributed by atoms with Crippen molar-refractivity contribution in [2.24, 2.45) is 0 Å². The Morgan fingerprint density at radius 2 is 1.71 bits per heavy atom. The number of carbonyl (C=O) groups excluding carboxylic acids is 1. The van der Waals surface area contributed by atoms with Crippen LogP contribution in [-0.2, 0) is 12.8 Å². The van der Waals surface area contributed by atoms with Gasteiger partial charge in [-0.05, 0) is 36.6 Å². The van der Waals surface area contributed by atoms with Crippen molar-refractivity contribution in [1.82, 2.24) is 5.32 Å². The highest BCUT2D eigenvalue weighted by atomic mass is 16.5. The molecular formula is C19H21NO4. The maximum Gasteiger partial charge on any atom is 0.251 e. The Kier molecular flexibility index (Phi) is 4.60. The third-order valence-electron chi connectivity index (χ3n) is 4.31.